The van der Waals surface area contributed by atoms with Crippen LogP contribution in [0.25, 0.3) is 0 Å². The molecule has 3 heterocycles. The lowest BCUT2D eigenvalue weighted by atomic mass is 9.79. The number of carbonyl (C=O) groups is 2. The number of nitrogens with one attached hydrogen (secondary N) is 2. The number of piperazine rings is 1. The highest BCUT2D eigenvalue weighted by atomic mass is 16.5. The monoisotopic (exact) mass is 480 g/mol. The van der Waals surface area contributed by atoms with Gasteiger partial charge in [-0.05, 0) is 81.1 Å². The molecular weight excluding hydrogens is 436 g/mol. The van der Waals surface area contributed by atoms with Crippen LogP contribution in [-0.2, 0) is 10.4 Å². The van der Waals surface area contributed by atoms with Gasteiger partial charge in [0.1, 0.15) is 0 Å². The molecule has 2 radical (unpaired) electrons. The summed E-state index contributed by atoms with van der Waals surface area (Å²) < 4.78 is 0. The van der Waals surface area contributed by atoms with Crippen LogP contribution < -0.4 is 10.6 Å². The van der Waals surface area contributed by atoms with E-state index in [9.17, 15) is 20.0 Å². The second kappa shape index (κ2) is 9.11. The third-order valence-electron chi connectivity index (χ3n) is 7.69. The van der Waals surface area contributed by atoms with Crippen molar-refractivity contribution in [2.24, 2.45) is 0 Å². The van der Waals surface area contributed by atoms with Crippen molar-refractivity contribution in [2.45, 2.75) is 115 Å². The van der Waals surface area contributed by atoms with E-state index in [4.69, 9.17) is 0 Å². The van der Waals surface area contributed by atoms with Gasteiger partial charge in [-0.2, -0.15) is 0 Å². The van der Waals surface area contributed by atoms with E-state index in [-0.39, 0.29) is 24.1 Å². The summed E-state index contributed by atoms with van der Waals surface area (Å²) in [6, 6.07) is -0.408. The molecule has 3 fully saturated rings. The van der Waals surface area contributed by atoms with Gasteiger partial charge in [-0.25, -0.2) is 9.59 Å². The molecule has 0 aromatic carbocycles. The van der Waals surface area contributed by atoms with E-state index in [1.165, 1.54) is 0 Å². The van der Waals surface area contributed by atoms with Gasteiger partial charge in [0.2, 0.25) is 0 Å². The Morgan fingerprint density at radius 2 is 0.794 bits per heavy atom. The number of hydrogen-bond acceptors (Lipinski definition) is 4. The van der Waals surface area contributed by atoms with Crippen molar-refractivity contribution >= 4 is 12.1 Å². The number of urea groups is 2. The van der Waals surface area contributed by atoms with E-state index < -0.39 is 22.2 Å². The first-order valence-corrected chi connectivity index (χ1v) is 12.5. The topological polar surface area (TPSA) is 111 Å². The maximum Gasteiger partial charge on any atom is 0.317 e. The zero-order valence-electron chi connectivity index (χ0n) is 22.2. The summed E-state index contributed by atoms with van der Waals surface area (Å²) in [5, 5.41) is 33.7. The first kappa shape index (κ1) is 27.0. The Labute approximate surface area is 204 Å². The van der Waals surface area contributed by atoms with E-state index in [1.54, 1.807) is 9.80 Å². The number of amides is 4. The molecule has 10 heteroatoms. The number of hydrogen-bond donors (Lipinski definition) is 2. The highest BCUT2D eigenvalue weighted by Crippen LogP contribution is 2.38. The maximum atomic E-state index is 12.9. The van der Waals surface area contributed by atoms with Gasteiger partial charge in [0.25, 0.3) is 0 Å². The molecule has 3 saturated heterocycles. The minimum absolute atomic E-state index is 0.0670. The van der Waals surface area contributed by atoms with Gasteiger partial charge in [-0.3, -0.25) is 0 Å². The Bertz CT molecular complexity index is 675. The van der Waals surface area contributed by atoms with Crippen LogP contribution in [0.3, 0.4) is 0 Å². The van der Waals surface area contributed by atoms with Crippen LogP contribution in [0.4, 0.5) is 9.59 Å². The van der Waals surface area contributed by atoms with Gasteiger partial charge < -0.3 is 20.4 Å². The van der Waals surface area contributed by atoms with Gasteiger partial charge in [0.15, 0.2) is 0 Å². The van der Waals surface area contributed by atoms with Crippen molar-refractivity contribution in [3.05, 3.63) is 0 Å². The molecule has 0 aliphatic carbocycles. The van der Waals surface area contributed by atoms with Crippen LogP contribution >= 0.6 is 0 Å². The third kappa shape index (κ3) is 5.61. The van der Waals surface area contributed by atoms with Crippen molar-refractivity contribution in [3.63, 3.8) is 0 Å². The Morgan fingerprint density at radius 3 is 1.03 bits per heavy atom. The Morgan fingerprint density at radius 1 is 0.559 bits per heavy atom. The number of carbonyl (C=O) groups excluding carboxylic acids is 2. The SMILES string of the molecule is CC1(C)CC(NC(=O)N2CCN(C(=O)NC3CC(C)(C)N([O])C(C)(C)C3)CC2)CC(C)(C)N1[O]. The van der Waals surface area contributed by atoms with E-state index in [1.807, 2.05) is 55.4 Å². The molecule has 4 amide bonds. The summed E-state index contributed by atoms with van der Waals surface area (Å²) in [5.74, 6) is 0. The van der Waals surface area contributed by atoms with Crippen molar-refractivity contribution in [1.29, 1.82) is 0 Å². The number of nitrogens with zero attached hydrogens (tertiary/aromatic N) is 4. The Hall–Kier alpha value is -1.62. The standard InChI is InChI=1S/C24H44N6O4/c1-21(2)13-17(14-22(3,4)29(21)33)25-19(31)27-9-11-28(12-10-27)20(32)26-18-15-23(5,6)30(34)24(7,8)16-18/h17-18H,9-16H2,1-8H3,(H,25,31)(H,26,32). The lowest BCUT2D eigenvalue weighted by Crippen LogP contribution is -2.64. The smallest absolute Gasteiger partial charge is 0.317 e. The highest BCUT2D eigenvalue weighted by molar-refractivity contribution is 5.77. The first-order valence-electron chi connectivity index (χ1n) is 12.5. The second-order valence-corrected chi connectivity index (χ2v) is 12.9. The summed E-state index contributed by atoms with van der Waals surface area (Å²) in [5.41, 5.74) is -2.16. The molecule has 0 spiro atoms. The molecule has 34 heavy (non-hydrogen) atoms. The summed E-state index contributed by atoms with van der Waals surface area (Å²) >= 11 is 0. The van der Waals surface area contributed by atoms with Crippen LogP contribution in [0.1, 0.15) is 81.1 Å². The quantitative estimate of drug-likeness (QED) is 0.633. The molecule has 0 bridgehead atoms. The molecule has 3 aliphatic heterocycles. The minimum Gasteiger partial charge on any atom is -0.335 e. The number of hydroxylamine groups is 4. The second-order valence-electron chi connectivity index (χ2n) is 12.9. The summed E-state index contributed by atoms with van der Waals surface area (Å²) in [6.07, 6.45) is 2.40. The molecule has 0 unspecified atom stereocenters. The summed E-state index contributed by atoms with van der Waals surface area (Å²) in [6.45, 7) is 17.2. The van der Waals surface area contributed by atoms with Crippen LogP contribution in [-0.4, -0.2) is 92.4 Å². The predicted molar refractivity (Wildman–Crippen MR) is 128 cm³/mol. The zero-order valence-corrected chi connectivity index (χ0v) is 22.2. The number of piperidine rings is 2. The minimum atomic E-state index is -0.540. The fraction of sp³-hybridized carbons (Fsp3) is 0.917. The predicted octanol–water partition coefficient (Wildman–Crippen LogP) is 2.76. The van der Waals surface area contributed by atoms with Crippen LogP contribution in [0.2, 0.25) is 0 Å². The lowest BCUT2D eigenvalue weighted by Gasteiger charge is -2.50. The van der Waals surface area contributed by atoms with Gasteiger partial charge in [-0.15, -0.1) is 20.5 Å². The van der Waals surface area contributed by atoms with Crippen molar-refractivity contribution in [2.75, 3.05) is 26.2 Å². The van der Waals surface area contributed by atoms with E-state index >= 15 is 0 Å². The molecule has 194 valence electrons. The van der Waals surface area contributed by atoms with Crippen LogP contribution in [0.15, 0.2) is 0 Å². The molecule has 2 N–H and O–H groups in total. The first-order chi connectivity index (χ1) is 15.4. The van der Waals surface area contributed by atoms with Gasteiger partial charge in [-0.1, -0.05) is 0 Å². The van der Waals surface area contributed by atoms with E-state index in [2.05, 4.69) is 10.6 Å². The average molecular weight is 481 g/mol. The zero-order chi connectivity index (χ0) is 25.7. The summed E-state index contributed by atoms with van der Waals surface area (Å²) in [4.78, 5) is 29.3. The molecule has 0 atom stereocenters. The van der Waals surface area contributed by atoms with Gasteiger partial charge in [0.05, 0.1) is 0 Å². The lowest BCUT2D eigenvalue weighted by molar-refractivity contribution is -0.289. The fourth-order valence-corrected chi connectivity index (χ4v) is 6.38. The van der Waals surface area contributed by atoms with Crippen molar-refractivity contribution in [3.8, 4) is 0 Å². The Balaban J connectivity index is 1.49. The summed E-state index contributed by atoms with van der Waals surface area (Å²) in [7, 11) is 0. The largest absolute Gasteiger partial charge is 0.335 e. The molecular formula is C24H44N6O4. The normalized spacial score (nSPS) is 27.9. The van der Waals surface area contributed by atoms with Crippen molar-refractivity contribution < 1.29 is 20.0 Å². The van der Waals surface area contributed by atoms with Crippen LogP contribution in [0, 0.1) is 0 Å². The maximum absolute atomic E-state index is 12.9. The average Bonchev–Trinajstić information content (AvgIpc) is 2.69. The van der Waals surface area contributed by atoms with Gasteiger partial charge >= 0.3 is 12.1 Å². The number of rotatable bonds is 2. The third-order valence-corrected chi connectivity index (χ3v) is 7.69. The molecule has 10 nitrogen and oxygen atoms in total. The molecule has 0 aromatic heterocycles. The van der Waals surface area contributed by atoms with E-state index in [0.29, 0.717) is 51.9 Å². The molecule has 0 saturated carbocycles. The van der Waals surface area contributed by atoms with Crippen LogP contribution in [0.5, 0.6) is 0 Å². The van der Waals surface area contributed by atoms with Gasteiger partial charge in [0, 0.05) is 60.4 Å². The highest BCUT2D eigenvalue weighted by Gasteiger charge is 2.48. The molecule has 0 aromatic rings. The fourth-order valence-electron chi connectivity index (χ4n) is 6.38. The Kier molecular flexibility index (Phi) is 7.23. The molecule has 3 aliphatic rings. The van der Waals surface area contributed by atoms with Crippen molar-refractivity contribution in [1.82, 2.24) is 30.6 Å². The van der Waals surface area contributed by atoms with E-state index in [0.717, 1.165) is 10.1 Å². The molecule has 3 rings (SSSR count).